The molecule has 0 bridgehead atoms. The van der Waals surface area contributed by atoms with Crippen LogP contribution in [0.1, 0.15) is 18.1 Å². The largest absolute Gasteiger partial charge is 0.496 e. The topological polar surface area (TPSA) is 30.5 Å². The Morgan fingerprint density at radius 2 is 2.07 bits per heavy atom. The molecule has 0 aliphatic heterocycles. The fourth-order valence-electron chi connectivity index (χ4n) is 1.45. The molecule has 0 aliphatic carbocycles. The Morgan fingerprint density at radius 3 is 2.60 bits per heavy atom. The van der Waals surface area contributed by atoms with Gasteiger partial charge in [-0.1, -0.05) is 6.92 Å². The molecule has 0 saturated carbocycles. The summed E-state index contributed by atoms with van der Waals surface area (Å²) in [6.07, 6.45) is 0.618. The summed E-state index contributed by atoms with van der Waals surface area (Å²) in [5.41, 5.74) is 4.06. The maximum Gasteiger partial charge on any atom is 0.130 e. The zero-order chi connectivity index (χ0) is 11.3. The highest BCUT2D eigenvalue weighted by Crippen LogP contribution is 2.24. The molecule has 0 aromatic heterocycles. The number of rotatable bonds is 5. The van der Waals surface area contributed by atoms with Gasteiger partial charge >= 0.3 is 0 Å². The van der Waals surface area contributed by atoms with Gasteiger partial charge in [-0.2, -0.15) is 5.48 Å². The van der Waals surface area contributed by atoms with Crippen molar-refractivity contribution in [3.8, 4) is 5.75 Å². The molecule has 4 heteroatoms. The van der Waals surface area contributed by atoms with Gasteiger partial charge < -0.3 is 9.57 Å². The lowest BCUT2D eigenvalue weighted by molar-refractivity contribution is 0.0866. The van der Waals surface area contributed by atoms with Crippen molar-refractivity contribution in [2.24, 2.45) is 0 Å². The van der Waals surface area contributed by atoms with Gasteiger partial charge in [-0.05, 0) is 24.1 Å². The first kappa shape index (κ1) is 11.9. The van der Waals surface area contributed by atoms with Gasteiger partial charge in [0, 0.05) is 12.1 Å². The summed E-state index contributed by atoms with van der Waals surface area (Å²) in [5.74, 6) is 0.357. The Kier molecular flexibility index (Phi) is 4.52. The number of hydrogen-bond donors (Lipinski definition) is 1. The second kappa shape index (κ2) is 5.68. The molecule has 0 aliphatic rings. The van der Waals surface area contributed by atoms with Gasteiger partial charge in [0.15, 0.2) is 0 Å². The van der Waals surface area contributed by atoms with Crippen molar-refractivity contribution in [1.82, 2.24) is 5.48 Å². The fraction of sp³-hybridized carbons (Fsp3) is 0.455. The number of benzene rings is 1. The molecule has 0 unspecified atom stereocenters. The van der Waals surface area contributed by atoms with E-state index in [2.05, 4.69) is 5.48 Å². The van der Waals surface area contributed by atoms with Gasteiger partial charge in [0.05, 0.1) is 14.2 Å². The van der Waals surface area contributed by atoms with Gasteiger partial charge in [-0.15, -0.1) is 0 Å². The van der Waals surface area contributed by atoms with E-state index in [1.807, 2.05) is 13.0 Å². The highest BCUT2D eigenvalue weighted by molar-refractivity contribution is 5.38. The molecular formula is C11H16FNO2. The summed E-state index contributed by atoms with van der Waals surface area (Å²) < 4.78 is 18.7. The normalized spacial score (nSPS) is 10.4. The van der Waals surface area contributed by atoms with Crippen LogP contribution in [0.5, 0.6) is 5.75 Å². The maximum atomic E-state index is 13.6. The lowest BCUT2D eigenvalue weighted by atomic mass is 10.1. The monoisotopic (exact) mass is 213 g/mol. The number of halogens is 1. The maximum absolute atomic E-state index is 13.6. The number of methoxy groups -OCH3 is 1. The van der Waals surface area contributed by atoms with Crippen LogP contribution in [0.2, 0.25) is 0 Å². The van der Waals surface area contributed by atoms with Crippen LogP contribution >= 0.6 is 0 Å². The molecule has 0 spiro atoms. The first-order valence-corrected chi connectivity index (χ1v) is 4.84. The molecule has 15 heavy (non-hydrogen) atoms. The van der Waals surface area contributed by atoms with Gasteiger partial charge in [0.25, 0.3) is 0 Å². The number of nitrogens with one attached hydrogen (secondary N) is 1. The van der Waals surface area contributed by atoms with E-state index in [0.29, 0.717) is 24.3 Å². The summed E-state index contributed by atoms with van der Waals surface area (Å²) in [4.78, 5) is 4.70. The van der Waals surface area contributed by atoms with E-state index >= 15 is 0 Å². The summed E-state index contributed by atoms with van der Waals surface area (Å²) in [5, 5.41) is 0. The molecule has 0 heterocycles. The SMILES string of the molecule is CCc1c(F)cc(CNOC)cc1OC. The standard InChI is InChI=1S/C11H16FNO2/c1-4-9-10(12)5-8(7-13-15-3)6-11(9)14-2/h5-6,13H,4,7H2,1-3H3. The first-order chi connectivity index (χ1) is 7.22. The predicted octanol–water partition coefficient (Wildman–Crippen LogP) is 2.05. The van der Waals surface area contributed by atoms with Crippen LogP contribution in [0.25, 0.3) is 0 Å². The molecule has 0 saturated heterocycles. The van der Waals surface area contributed by atoms with Gasteiger partial charge in [0.1, 0.15) is 11.6 Å². The molecule has 0 atom stereocenters. The van der Waals surface area contributed by atoms with E-state index in [0.717, 1.165) is 5.56 Å². The quantitative estimate of drug-likeness (QED) is 0.759. The summed E-state index contributed by atoms with van der Waals surface area (Å²) >= 11 is 0. The number of ether oxygens (including phenoxy) is 1. The molecule has 0 fully saturated rings. The number of hydrogen-bond acceptors (Lipinski definition) is 3. The Hall–Kier alpha value is -1.13. The summed E-state index contributed by atoms with van der Waals surface area (Å²) in [6.45, 7) is 2.35. The van der Waals surface area contributed by atoms with Crippen LogP contribution < -0.4 is 10.2 Å². The third-order valence-electron chi connectivity index (χ3n) is 2.21. The molecule has 0 amide bonds. The van der Waals surface area contributed by atoms with Crippen molar-refractivity contribution in [3.05, 3.63) is 29.1 Å². The molecule has 1 aromatic rings. The van der Waals surface area contributed by atoms with Crippen molar-refractivity contribution in [1.29, 1.82) is 0 Å². The minimum atomic E-state index is -0.232. The first-order valence-electron chi connectivity index (χ1n) is 4.84. The third kappa shape index (κ3) is 2.91. The van der Waals surface area contributed by atoms with Crippen molar-refractivity contribution in [3.63, 3.8) is 0 Å². The summed E-state index contributed by atoms with van der Waals surface area (Å²) in [7, 11) is 3.06. The van der Waals surface area contributed by atoms with Crippen LogP contribution in [0.4, 0.5) is 4.39 Å². The van der Waals surface area contributed by atoms with E-state index in [4.69, 9.17) is 9.57 Å². The van der Waals surface area contributed by atoms with Gasteiger partial charge in [-0.3, -0.25) is 0 Å². The predicted molar refractivity (Wildman–Crippen MR) is 56.2 cm³/mol. The van der Waals surface area contributed by atoms with Crippen molar-refractivity contribution in [2.45, 2.75) is 19.9 Å². The zero-order valence-corrected chi connectivity index (χ0v) is 9.26. The average molecular weight is 213 g/mol. The van der Waals surface area contributed by atoms with Crippen LogP contribution in [-0.2, 0) is 17.8 Å². The minimum absolute atomic E-state index is 0.232. The molecule has 1 aromatic carbocycles. The van der Waals surface area contributed by atoms with E-state index in [1.165, 1.54) is 13.2 Å². The minimum Gasteiger partial charge on any atom is -0.496 e. The van der Waals surface area contributed by atoms with E-state index < -0.39 is 0 Å². The highest BCUT2D eigenvalue weighted by atomic mass is 19.1. The highest BCUT2D eigenvalue weighted by Gasteiger charge is 2.09. The van der Waals surface area contributed by atoms with Crippen LogP contribution in [0.3, 0.4) is 0 Å². The Labute approximate surface area is 89.2 Å². The van der Waals surface area contributed by atoms with Crippen LogP contribution in [-0.4, -0.2) is 14.2 Å². The van der Waals surface area contributed by atoms with E-state index in [1.54, 1.807) is 7.11 Å². The molecule has 84 valence electrons. The van der Waals surface area contributed by atoms with Crippen LogP contribution in [0, 0.1) is 5.82 Å². The third-order valence-corrected chi connectivity index (χ3v) is 2.21. The molecule has 1 N–H and O–H groups in total. The second-order valence-corrected chi connectivity index (χ2v) is 3.14. The molecule has 0 radical (unpaired) electrons. The van der Waals surface area contributed by atoms with Crippen molar-refractivity contribution in [2.75, 3.05) is 14.2 Å². The Bertz CT molecular complexity index is 329. The van der Waals surface area contributed by atoms with Gasteiger partial charge in [-0.25, -0.2) is 4.39 Å². The molecule has 3 nitrogen and oxygen atoms in total. The molecule has 1 rings (SSSR count). The fourth-order valence-corrected chi connectivity index (χ4v) is 1.45. The molecular weight excluding hydrogens is 197 g/mol. The van der Waals surface area contributed by atoms with Crippen LogP contribution in [0.15, 0.2) is 12.1 Å². The smallest absolute Gasteiger partial charge is 0.130 e. The Morgan fingerprint density at radius 1 is 1.33 bits per heavy atom. The second-order valence-electron chi connectivity index (χ2n) is 3.14. The van der Waals surface area contributed by atoms with E-state index in [-0.39, 0.29) is 5.82 Å². The van der Waals surface area contributed by atoms with E-state index in [9.17, 15) is 4.39 Å². The average Bonchev–Trinajstić information content (AvgIpc) is 2.25. The lowest BCUT2D eigenvalue weighted by Gasteiger charge is -2.10. The zero-order valence-electron chi connectivity index (χ0n) is 9.26. The Balaban J connectivity index is 2.97. The van der Waals surface area contributed by atoms with Crippen molar-refractivity contribution >= 4 is 0 Å². The van der Waals surface area contributed by atoms with Crippen molar-refractivity contribution < 1.29 is 14.0 Å². The lowest BCUT2D eigenvalue weighted by Crippen LogP contribution is -2.11. The van der Waals surface area contributed by atoms with Gasteiger partial charge in [0.2, 0.25) is 0 Å². The number of hydroxylamine groups is 1. The summed E-state index contributed by atoms with van der Waals surface area (Å²) in [6, 6.07) is 3.31.